The monoisotopic (exact) mass is 331 g/mol. The number of carbonyl (C=O) groups excluding carboxylic acids is 1. The Labute approximate surface area is 137 Å². The predicted octanol–water partition coefficient (Wildman–Crippen LogP) is 3.53. The first kappa shape index (κ1) is 15.1. The van der Waals surface area contributed by atoms with E-state index in [1.807, 2.05) is 35.7 Å². The number of hydrogen-bond acceptors (Lipinski definition) is 4. The Morgan fingerprint density at radius 3 is 2.95 bits per heavy atom. The zero-order valence-electron chi connectivity index (χ0n) is 12.3. The number of para-hydroxylation sites is 2. The number of benzene rings is 1. The summed E-state index contributed by atoms with van der Waals surface area (Å²) >= 11 is 3.14. The third kappa shape index (κ3) is 3.34. The maximum atomic E-state index is 12.0. The average molecular weight is 331 g/mol. The van der Waals surface area contributed by atoms with E-state index in [0.29, 0.717) is 12.3 Å². The van der Waals surface area contributed by atoms with Gasteiger partial charge in [-0.1, -0.05) is 30.0 Å². The summed E-state index contributed by atoms with van der Waals surface area (Å²) in [6.07, 6.45) is 0. The van der Waals surface area contributed by atoms with Gasteiger partial charge in [-0.3, -0.25) is 4.79 Å². The molecule has 22 heavy (non-hydrogen) atoms. The lowest BCUT2D eigenvalue weighted by Gasteiger charge is -2.06. The van der Waals surface area contributed by atoms with E-state index in [-0.39, 0.29) is 5.91 Å². The number of aromatic nitrogens is 2. The highest BCUT2D eigenvalue weighted by atomic mass is 32.2. The number of imidazole rings is 1. The van der Waals surface area contributed by atoms with Crippen LogP contribution in [0.5, 0.6) is 0 Å². The van der Waals surface area contributed by atoms with Crippen molar-refractivity contribution in [1.29, 1.82) is 0 Å². The SMILES string of the molecule is CCn1c(SCC(=O)NCc2cccs2)nc2ccccc21. The Balaban J connectivity index is 1.62. The van der Waals surface area contributed by atoms with E-state index in [2.05, 4.69) is 27.9 Å². The van der Waals surface area contributed by atoms with Crippen LogP contribution in [-0.2, 0) is 17.9 Å². The van der Waals surface area contributed by atoms with Gasteiger partial charge in [-0.15, -0.1) is 11.3 Å². The van der Waals surface area contributed by atoms with Gasteiger partial charge in [-0.2, -0.15) is 0 Å². The number of hydrogen-bond donors (Lipinski definition) is 1. The second-order valence-corrected chi connectivity index (χ2v) is 6.75. The number of aryl methyl sites for hydroxylation is 1. The van der Waals surface area contributed by atoms with Crippen LogP contribution in [0.25, 0.3) is 11.0 Å². The summed E-state index contributed by atoms with van der Waals surface area (Å²) in [4.78, 5) is 17.7. The second kappa shape index (κ2) is 6.98. The van der Waals surface area contributed by atoms with E-state index < -0.39 is 0 Å². The predicted molar refractivity (Wildman–Crippen MR) is 92.3 cm³/mol. The summed E-state index contributed by atoms with van der Waals surface area (Å²) < 4.78 is 2.15. The molecule has 0 radical (unpaired) electrons. The van der Waals surface area contributed by atoms with Crippen LogP contribution >= 0.6 is 23.1 Å². The number of nitrogens with zero attached hydrogens (tertiary/aromatic N) is 2. The molecule has 0 bridgehead atoms. The van der Waals surface area contributed by atoms with E-state index in [9.17, 15) is 4.79 Å². The van der Waals surface area contributed by atoms with Crippen molar-refractivity contribution >= 4 is 40.0 Å². The summed E-state index contributed by atoms with van der Waals surface area (Å²) in [5.41, 5.74) is 2.09. The van der Waals surface area contributed by atoms with Gasteiger partial charge in [-0.25, -0.2) is 4.98 Å². The van der Waals surface area contributed by atoms with Crippen LogP contribution in [0, 0.1) is 0 Å². The number of carbonyl (C=O) groups is 1. The molecule has 6 heteroatoms. The van der Waals surface area contributed by atoms with Crippen molar-refractivity contribution < 1.29 is 4.79 Å². The van der Waals surface area contributed by atoms with E-state index >= 15 is 0 Å². The standard InChI is InChI=1S/C16H17N3OS2/c1-2-19-14-8-4-3-7-13(14)18-16(19)22-11-15(20)17-10-12-6-5-9-21-12/h3-9H,2,10-11H2,1H3,(H,17,20). The molecule has 3 rings (SSSR count). The molecule has 1 N–H and O–H groups in total. The minimum atomic E-state index is 0.0353. The van der Waals surface area contributed by atoms with Gasteiger partial charge in [0.05, 0.1) is 23.3 Å². The van der Waals surface area contributed by atoms with Crippen molar-refractivity contribution in [2.75, 3.05) is 5.75 Å². The Hall–Kier alpha value is -1.79. The first-order valence-corrected chi connectivity index (χ1v) is 9.01. The molecule has 0 saturated heterocycles. The molecule has 0 aliphatic rings. The highest BCUT2D eigenvalue weighted by Crippen LogP contribution is 2.23. The molecular weight excluding hydrogens is 314 g/mol. The topological polar surface area (TPSA) is 46.9 Å². The molecule has 0 atom stereocenters. The van der Waals surface area contributed by atoms with Gasteiger partial charge in [-0.05, 0) is 30.5 Å². The zero-order valence-corrected chi connectivity index (χ0v) is 13.9. The number of fused-ring (bicyclic) bond motifs is 1. The lowest BCUT2D eigenvalue weighted by atomic mass is 10.3. The molecule has 4 nitrogen and oxygen atoms in total. The lowest BCUT2D eigenvalue weighted by molar-refractivity contribution is -0.118. The summed E-state index contributed by atoms with van der Waals surface area (Å²) in [6.45, 7) is 3.54. The van der Waals surface area contributed by atoms with E-state index in [0.717, 1.165) is 22.7 Å². The molecule has 0 saturated carbocycles. The van der Waals surface area contributed by atoms with Gasteiger partial charge >= 0.3 is 0 Å². The summed E-state index contributed by atoms with van der Waals surface area (Å²) in [6, 6.07) is 12.1. The van der Waals surface area contributed by atoms with Gasteiger partial charge in [0.1, 0.15) is 0 Å². The fourth-order valence-electron chi connectivity index (χ4n) is 2.25. The quantitative estimate of drug-likeness (QED) is 0.703. The zero-order chi connectivity index (χ0) is 15.4. The Morgan fingerprint density at radius 2 is 2.18 bits per heavy atom. The fourth-order valence-corrected chi connectivity index (χ4v) is 3.80. The van der Waals surface area contributed by atoms with Gasteiger partial charge < -0.3 is 9.88 Å². The van der Waals surface area contributed by atoms with Crippen LogP contribution in [0.15, 0.2) is 46.9 Å². The Morgan fingerprint density at radius 1 is 1.32 bits per heavy atom. The molecule has 0 unspecified atom stereocenters. The third-order valence-corrected chi connectivity index (χ3v) is 5.16. The van der Waals surface area contributed by atoms with Gasteiger partial charge in [0.2, 0.25) is 5.91 Å². The largest absolute Gasteiger partial charge is 0.350 e. The van der Waals surface area contributed by atoms with Gasteiger partial charge in [0.25, 0.3) is 0 Å². The number of nitrogens with one attached hydrogen (secondary N) is 1. The maximum absolute atomic E-state index is 12.0. The third-order valence-electron chi connectivity index (χ3n) is 3.31. The van der Waals surface area contributed by atoms with Crippen molar-refractivity contribution in [1.82, 2.24) is 14.9 Å². The summed E-state index contributed by atoms with van der Waals surface area (Å²) in [5.74, 6) is 0.419. The van der Waals surface area contributed by atoms with Crippen LogP contribution in [0.4, 0.5) is 0 Å². The highest BCUT2D eigenvalue weighted by Gasteiger charge is 2.11. The molecule has 0 fully saturated rings. The number of amides is 1. The summed E-state index contributed by atoms with van der Waals surface area (Å²) in [5, 5.41) is 5.85. The van der Waals surface area contributed by atoms with E-state index in [1.165, 1.54) is 16.6 Å². The number of thioether (sulfide) groups is 1. The van der Waals surface area contributed by atoms with Crippen LogP contribution in [0.2, 0.25) is 0 Å². The smallest absolute Gasteiger partial charge is 0.230 e. The first-order chi connectivity index (χ1) is 10.8. The Kier molecular flexibility index (Phi) is 4.80. The molecule has 3 aromatic rings. The van der Waals surface area contributed by atoms with Crippen molar-refractivity contribution in [2.45, 2.75) is 25.2 Å². The summed E-state index contributed by atoms with van der Waals surface area (Å²) in [7, 11) is 0. The van der Waals surface area contributed by atoms with Crippen LogP contribution in [0.3, 0.4) is 0 Å². The molecule has 0 aliphatic heterocycles. The number of thiophene rings is 1. The molecule has 0 spiro atoms. The highest BCUT2D eigenvalue weighted by molar-refractivity contribution is 7.99. The molecule has 114 valence electrons. The fraction of sp³-hybridized carbons (Fsp3) is 0.250. The van der Waals surface area contributed by atoms with Crippen LogP contribution < -0.4 is 5.32 Å². The van der Waals surface area contributed by atoms with E-state index in [4.69, 9.17) is 0 Å². The van der Waals surface area contributed by atoms with Gasteiger partial charge in [0, 0.05) is 11.4 Å². The van der Waals surface area contributed by atoms with Crippen LogP contribution in [-0.4, -0.2) is 21.2 Å². The van der Waals surface area contributed by atoms with E-state index in [1.54, 1.807) is 11.3 Å². The normalized spacial score (nSPS) is 11.0. The second-order valence-electron chi connectivity index (χ2n) is 4.77. The molecule has 1 aromatic carbocycles. The Bertz CT molecular complexity index is 765. The molecule has 0 aliphatic carbocycles. The minimum Gasteiger partial charge on any atom is -0.350 e. The van der Waals surface area contributed by atoms with Crippen molar-refractivity contribution in [3.63, 3.8) is 0 Å². The molecule has 2 heterocycles. The average Bonchev–Trinajstić information content (AvgIpc) is 3.17. The van der Waals surface area contributed by atoms with Crippen molar-refractivity contribution in [3.05, 3.63) is 46.7 Å². The lowest BCUT2D eigenvalue weighted by Crippen LogP contribution is -2.24. The molecule has 1 amide bonds. The van der Waals surface area contributed by atoms with Gasteiger partial charge in [0.15, 0.2) is 5.16 Å². The van der Waals surface area contributed by atoms with Crippen molar-refractivity contribution in [2.24, 2.45) is 0 Å². The van der Waals surface area contributed by atoms with Crippen LogP contribution in [0.1, 0.15) is 11.8 Å². The molecule has 2 aromatic heterocycles. The first-order valence-electron chi connectivity index (χ1n) is 7.15. The number of rotatable bonds is 6. The van der Waals surface area contributed by atoms with Crippen molar-refractivity contribution in [3.8, 4) is 0 Å². The maximum Gasteiger partial charge on any atom is 0.230 e. The minimum absolute atomic E-state index is 0.0353. The molecular formula is C16H17N3OS2.